The average molecular weight is 796 g/mol. The van der Waals surface area contributed by atoms with E-state index in [1.54, 1.807) is 11.3 Å². The second kappa shape index (κ2) is 15.4. The molecule has 2 aromatic carbocycles. The van der Waals surface area contributed by atoms with Gasteiger partial charge in [0.1, 0.15) is 28.7 Å². The Bertz CT molecular complexity index is 2360. The van der Waals surface area contributed by atoms with Gasteiger partial charge in [0.15, 0.2) is 0 Å². The number of imidazole rings is 2. The number of benzene rings is 2. The molecule has 0 unspecified atom stereocenters. The number of likely N-dealkylation sites (tertiary alicyclic amines) is 2. The number of aromatic nitrogens is 5. The number of rotatable bonds is 9. The van der Waals surface area contributed by atoms with E-state index in [1.807, 2.05) is 43.6 Å². The van der Waals surface area contributed by atoms with E-state index >= 15 is 0 Å². The van der Waals surface area contributed by atoms with Crippen LogP contribution in [0, 0.1) is 11.8 Å². The van der Waals surface area contributed by atoms with Crippen LogP contribution in [-0.4, -0.2) is 98.1 Å². The Morgan fingerprint density at radius 1 is 0.772 bits per heavy atom. The zero-order valence-electron chi connectivity index (χ0n) is 33.1. The maximum atomic E-state index is 13.7. The molecule has 16 heteroatoms. The Hall–Kier alpha value is -5.51. The van der Waals surface area contributed by atoms with Crippen LogP contribution in [0.2, 0.25) is 0 Å². The van der Waals surface area contributed by atoms with Crippen molar-refractivity contribution in [3.05, 3.63) is 53.4 Å². The molecule has 4 amide bonds. The van der Waals surface area contributed by atoms with E-state index in [-0.39, 0.29) is 35.7 Å². The summed E-state index contributed by atoms with van der Waals surface area (Å²) in [5, 5.41) is 8.43. The van der Waals surface area contributed by atoms with Crippen LogP contribution in [0.5, 0.6) is 0 Å². The van der Waals surface area contributed by atoms with E-state index in [4.69, 9.17) is 24.4 Å². The predicted octanol–water partition coefficient (Wildman–Crippen LogP) is 6.42. The van der Waals surface area contributed by atoms with Crippen molar-refractivity contribution in [2.45, 2.75) is 90.4 Å². The topological polar surface area (TPSA) is 188 Å². The monoisotopic (exact) mass is 795 g/mol. The number of hydrogen-bond donors (Lipinski definition) is 4. The van der Waals surface area contributed by atoms with E-state index in [1.165, 1.54) is 14.2 Å². The number of aryl methyl sites for hydroxylation is 2. The van der Waals surface area contributed by atoms with Crippen molar-refractivity contribution in [3.63, 3.8) is 0 Å². The second-order valence-corrected chi connectivity index (χ2v) is 16.8. The summed E-state index contributed by atoms with van der Waals surface area (Å²) in [4.78, 5) is 78.6. The second-order valence-electron chi connectivity index (χ2n) is 15.9. The van der Waals surface area contributed by atoms with Crippen molar-refractivity contribution in [2.75, 3.05) is 27.3 Å². The summed E-state index contributed by atoms with van der Waals surface area (Å²) in [6, 6.07) is 8.61. The summed E-state index contributed by atoms with van der Waals surface area (Å²) in [6.45, 7) is 8.82. The molecular formula is C41H49N9O6S. The van der Waals surface area contributed by atoms with E-state index in [0.717, 1.165) is 105 Å². The first kappa shape index (κ1) is 38.4. The molecule has 0 spiro atoms. The van der Waals surface area contributed by atoms with Gasteiger partial charge >= 0.3 is 12.2 Å². The molecule has 3 aliphatic rings. The van der Waals surface area contributed by atoms with E-state index < -0.39 is 24.3 Å². The molecule has 300 valence electrons. The van der Waals surface area contributed by atoms with Gasteiger partial charge in [-0.2, -0.15) is 0 Å². The van der Waals surface area contributed by atoms with Crippen molar-refractivity contribution in [1.29, 1.82) is 0 Å². The lowest BCUT2D eigenvalue weighted by atomic mass is 10.0. The number of methoxy groups -OCH3 is 2. The summed E-state index contributed by atoms with van der Waals surface area (Å²) < 4.78 is 9.58. The van der Waals surface area contributed by atoms with Gasteiger partial charge in [0.2, 0.25) is 11.8 Å². The number of amides is 4. The summed E-state index contributed by atoms with van der Waals surface area (Å²) in [5.41, 5.74) is 5.73. The Morgan fingerprint density at radius 2 is 1.37 bits per heavy atom. The van der Waals surface area contributed by atoms with Crippen LogP contribution in [0.3, 0.4) is 0 Å². The first-order valence-corrected chi connectivity index (χ1v) is 20.6. The number of carbonyl (C=O) groups is 4. The molecule has 0 saturated carbocycles. The average Bonchev–Trinajstić information content (AvgIpc) is 4.05. The number of hydrogen-bond acceptors (Lipinski definition) is 10. The minimum atomic E-state index is -0.700. The minimum Gasteiger partial charge on any atom is -0.453 e. The first-order chi connectivity index (χ1) is 27.4. The maximum Gasteiger partial charge on any atom is 0.407 e. The van der Waals surface area contributed by atoms with E-state index in [0.29, 0.717) is 13.1 Å². The molecule has 0 bridgehead atoms. The Labute approximate surface area is 334 Å². The molecule has 0 radical (unpaired) electrons. The molecule has 1 aliphatic carbocycles. The lowest BCUT2D eigenvalue weighted by molar-refractivity contribution is -0.136. The fourth-order valence-electron chi connectivity index (χ4n) is 8.54. The number of ether oxygens (including phenoxy) is 2. The lowest BCUT2D eigenvalue weighted by Gasteiger charge is -2.30. The van der Waals surface area contributed by atoms with Gasteiger partial charge in [-0.3, -0.25) is 9.59 Å². The van der Waals surface area contributed by atoms with Gasteiger partial charge < -0.3 is 39.9 Å². The Kier molecular flexibility index (Phi) is 10.4. The summed E-state index contributed by atoms with van der Waals surface area (Å²) >= 11 is 1.64. The van der Waals surface area contributed by atoms with Crippen LogP contribution >= 0.6 is 11.3 Å². The number of thiazole rings is 1. The molecule has 5 aromatic rings. The number of nitrogens with one attached hydrogen (secondary N) is 4. The van der Waals surface area contributed by atoms with Crippen LogP contribution in [0.1, 0.15) is 88.5 Å². The highest BCUT2D eigenvalue weighted by Gasteiger charge is 2.40. The summed E-state index contributed by atoms with van der Waals surface area (Å²) in [6.07, 6.45) is 3.53. The SMILES string of the molecule is COC(=O)N[C@H](C(=O)N1CCC[C@H]1c1nc2c([nH]1)-c1sc(-c3ccc4c(ccc5nc([C@@H]6CCCN6C(=O)[C@@H](NC(=O)OC)C(C)C)[nH]c54)c3)nc1CC2)C(C)C. The standard InChI is InChI=1S/C41H49N9O6S/c1-20(2)30(47-40(53)55-5)38(51)49-17-7-9-28(49)35-42-25-14-12-22-19-23(11-13-24(22)32(25)45-35)37-44-27-16-15-26-33(34(27)57-37)46-36(43-26)29-10-8-18-50(29)39(52)31(21(3)4)48-41(54)56-6/h11-14,19-21,28-31H,7-10,15-18H2,1-6H3,(H,42,45)(H,43,46)(H,47,53)(H,48,54)/t28-,29-,30-,31-/m0/s1. The van der Waals surface area contributed by atoms with Gasteiger partial charge in [0.25, 0.3) is 0 Å². The third-order valence-corrected chi connectivity index (χ3v) is 12.7. The molecule has 8 rings (SSSR count). The Morgan fingerprint density at radius 3 is 1.96 bits per heavy atom. The normalized spacial score (nSPS) is 18.9. The Balaban J connectivity index is 1.04. The van der Waals surface area contributed by atoms with Crippen LogP contribution in [0.4, 0.5) is 9.59 Å². The highest BCUT2D eigenvalue weighted by atomic mass is 32.1. The molecule has 4 N–H and O–H groups in total. The number of nitrogens with zero attached hydrogens (tertiary/aromatic N) is 5. The largest absolute Gasteiger partial charge is 0.453 e. The lowest BCUT2D eigenvalue weighted by Crippen LogP contribution is -2.51. The molecular weight excluding hydrogens is 747 g/mol. The van der Waals surface area contributed by atoms with Gasteiger partial charge in [-0.25, -0.2) is 24.5 Å². The molecule has 57 heavy (non-hydrogen) atoms. The summed E-state index contributed by atoms with van der Waals surface area (Å²) in [5.74, 6) is 1.01. The maximum absolute atomic E-state index is 13.7. The first-order valence-electron chi connectivity index (χ1n) is 19.8. The van der Waals surface area contributed by atoms with E-state index in [2.05, 4.69) is 44.9 Å². The van der Waals surface area contributed by atoms with Crippen molar-refractivity contribution >= 4 is 57.1 Å². The third kappa shape index (κ3) is 7.08. The van der Waals surface area contributed by atoms with Crippen LogP contribution in [0.25, 0.3) is 42.9 Å². The molecule has 2 aliphatic heterocycles. The van der Waals surface area contributed by atoms with Crippen molar-refractivity contribution in [2.24, 2.45) is 11.8 Å². The summed E-state index contributed by atoms with van der Waals surface area (Å²) in [7, 11) is 2.59. The number of fused-ring (bicyclic) bond motifs is 6. The molecule has 2 saturated heterocycles. The highest BCUT2D eigenvalue weighted by molar-refractivity contribution is 7.18. The molecule has 4 atom stereocenters. The van der Waals surface area contributed by atoms with Crippen molar-refractivity contribution < 1.29 is 28.7 Å². The smallest absolute Gasteiger partial charge is 0.407 e. The van der Waals surface area contributed by atoms with Crippen LogP contribution in [-0.2, 0) is 31.9 Å². The number of carbonyl (C=O) groups excluding carboxylic acids is 4. The van der Waals surface area contributed by atoms with Gasteiger partial charge in [-0.1, -0.05) is 45.9 Å². The van der Waals surface area contributed by atoms with Gasteiger partial charge in [0.05, 0.1) is 59.3 Å². The van der Waals surface area contributed by atoms with Gasteiger partial charge in [0, 0.05) is 24.0 Å². The highest BCUT2D eigenvalue weighted by Crippen LogP contribution is 2.43. The quantitative estimate of drug-likeness (QED) is 0.131. The fourth-order valence-corrected chi connectivity index (χ4v) is 9.67. The number of alkyl carbamates (subject to hydrolysis) is 2. The van der Waals surface area contributed by atoms with Crippen LogP contribution in [0.15, 0.2) is 30.3 Å². The fraction of sp³-hybridized carbons (Fsp3) is 0.488. The number of aromatic amines is 2. The molecule has 15 nitrogen and oxygen atoms in total. The van der Waals surface area contributed by atoms with Crippen molar-refractivity contribution in [3.8, 4) is 21.1 Å². The zero-order chi connectivity index (χ0) is 40.1. The molecule has 2 fully saturated rings. The number of H-pyrrole nitrogens is 2. The van der Waals surface area contributed by atoms with Gasteiger partial charge in [-0.05, 0) is 67.9 Å². The van der Waals surface area contributed by atoms with Crippen molar-refractivity contribution in [1.82, 2.24) is 45.4 Å². The molecule has 3 aromatic heterocycles. The van der Waals surface area contributed by atoms with Crippen LogP contribution < -0.4 is 10.6 Å². The van der Waals surface area contributed by atoms with E-state index in [9.17, 15) is 19.2 Å². The minimum absolute atomic E-state index is 0.110. The zero-order valence-corrected chi connectivity index (χ0v) is 33.9. The molecule has 5 heterocycles. The predicted molar refractivity (Wildman–Crippen MR) is 215 cm³/mol. The third-order valence-electron chi connectivity index (χ3n) is 11.5. The van der Waals surface area contributed by atoms with Gasteiger partial charge in [-0.15, -0.1) is 11.3 Å².